The van der Waals surface area contributed by atoms with Crippen LogP contribution in [0.25, 0.3) is 10.2 Å². The zero-order chi connectivity index (χ0) is 19.1. The maximum atomic E-state index is 10.1. The summed E-state index contributed by atoms with van der Waals surface area (Å²) >= 11 is 1.68. The monoisotopic (exact) mass is 395 g/mol. The van der Waals surface area contributed by atoms with Crippen molar-refractivity contribution in [3.63, 3.8) is 0 Å². The van der Waals surface area contributed by atoms with Crippen LogP contribution in [0, 0.1) is 0 Å². The minimum atomic E-state index is -0.526. The Morgan fingerprint density at radius 1 is 1.11 bits per heavy atom. The first-order valence-corrected chi connectivity index (χ1v) is 10.8. The van der Waals surface area contributed by atoms with Crippen molar-refractivity contribution in [3.8, 4) is 0 Å². The highest BCUT2D eigenvalue weighted by atomic mass is 32.1. The number of hydrogen-bond donors (Lipinski definition) is 3. The molecule has 2 aromatic heterocycles. The van der Waals surface area contributed by atoms with Crippen molar-refractivity contribution in [2.45, 2.75) is 44.2 Å². The summed E-state index contributed by atoms with van der Waals surface area (Å²) < 4.78 is 1.12. The van der Waals surface area contributed by atoms with Crippen LogP contribution < -0.4 is 15.5 Å². The van der Waals surface area contributed by atoms with Gasteiger partial charge in [-0.15, -0.1) is 11.3 Å². The summed E-state index contributed by atoms with van der Waals surface area (Å²) in [4.78, 5) is 11.7. The van der Waals surface area contributed by atoms with Crippen molar-refractivity contribution in [3.05, 3.63) is 35.7 Å². The molecule has 2 fully saturated rings. The molecule has 1 saturated carbocycles. The third-order valence-corrected chi connectivity index (χ3v) is 6.46. The summed E-state index contributed by atoms with van der Waals surface area (Å²) in [7, 11) is 0. The fourth-order valence-corrected chi connectivity index (χ4v) is 4.35. The molecule has 146 valence electrons. The van der Waals surface area contributed by atoms with Crippen molar-refractivity contribution < 1.29 is 5.11 Å². The van der Waals surface area contributed by atoms with Gasteiger partial charge in [0.2, 0.25) is 5.95 Å². The first-order valence-electron chi connectivity index (χ1n) is 9.92. The van der Waals surface area contributed by atoms with Gasteiger partial charge < -0.3 is 20.6 Å². The van der Waals surface area contributed by atoms with Crippen LogP contribution in [0.2, 0.25) is 0 Å². The van der Waals surface area contributed by atoms with Crippen molar-refractivity contribution >= 4 is 44.7 Å². The van der Waals surface area contributed by atoms with Gasteiger partial charge in [-0.3, -0.25) is 0 Å². The van der Waals surface area contributed by atoms with Crippen molar-refractivity contribution in [2.75, 3.05) is 28.6 Å². The Kier molecular flexibility index (Phi) is 4.36. The van der Waals surface area contributed by atoms with E-state index in [2.05, 4.69) is 50.2 Å². The third-order valence-electron chi connectivity index (χ3n) is 5.55. The Bertz CT molecular complexity index is 970. The molecular formula is C21H25N5OS. The number of thiophene rings is 1. The second-order valence-corrected chi connectivity index (χ2v) is 9.02. The van der Waals surface area contributed by atoms with E-state index in [-0.39, 0.29) is 0 Å². The molecule has 0 bridgehead atoms. The highest BCUT2D eigenvalue weighted by Crippen LogP contribution is 2.33. The average molecular weight is 396 g/mol. The molecule has 3 N–H and O–H groups in total. The molecule has 1 aliphatic carbocycles. The largest absolute Gasteiger partial charge is 0.390 e. The van der Waals surface area contributed by atoms with E-state index in [0.29, 0.717) is 12.0 Å². The highest BCUT2D eigenvalue weighted by molar-refractivity contribution is 7.17. The lowest BCUT2D eigenvalue weighted by atomic mass is 9.93. The molecule has 0 unspecified atom stereocenters. The summed E-state index contributed by atoms with van der Waals surface area (Å²) in [5.74, 6) is 1.55. The van der Waals surface area contributed by atoms with Gasteiger partial charge >= 0.3 is 0 Å². The molecule has 6 nitrogen and oxygen atoms in total. The van der Waals surface area contributed by atoms with Gasteiger partial charge in [0.05, 0.1) is 15.8 Å². The maximum Gasteiger partial charge on any atom is 0.229 e. The summed E-state index contributed by atoms with van der Waals surface area (Å²) in [6.07, 6.45) is 4.04. The second-order valence-electron chi connectivity index (χ2n) is 8.11. The first-order chi connectivity index (χ1) is 13.6. The van der Waals surface area contributed by atoms with E-state index in [1.54, 1.807) is 11.3 Å². The van der Waals surface area contributed by atoms with Gasteiger partial charge in [-0.25, -0.2) is 4.98 Å². The second kappa shape index (κ2) is 6.90. The fraction of sp³-hybridized carbons (Fsp3) is 0.429. The first kappa shape index (κ1) is 17.7. The van der Waals surface area contributed by atoms with Gasteiger partial charge in [0.1, 0.15) is 5.82 Å². The topological polar surface area (TPSA) is 73.3 Å². The Morgan fingerprint density at radius 3 is 2.57 bits per heavy atom. The maximum absolute atomic E-state index is 10.1. The number of benzene rings is 1. The molecule has 1 saturated heterocycles. The lowest BCUT2D eigenvalue weighted by molar-refractivity contribution is 0.0351. The number of fused-ring (bicyclic) bond motifs is 1. The molecule has 0 spiro atoms. The van der Waals surface area contributed by atoms with E-state index in [1.807, 2.05) is 13.0 Å². The smallest absolute Gasteiger partial charge is 0.229 e. The zero-order valence-electron chi connectivity index (χ0n) is 16.0. The number of aliphatic hydroxyl groups is 1. The number of nitrogens with zero attached hydrogens (tertiary/aromatic N) is 3. The number of aromatic nitrogens is 2. The molecule has 0 amide bonds. The van der Waals surface area contributed by atoms with Crippen LogP contribution >= 0.6 is 11.3 Å². The predicted octanol–water partition coefficient (Wildman–Crippen LogP) is 4.36. The number of rotatable bonds is 5. The quantitative estimate of drug-likeness (QED) is 0.596. The van der Waals surface area contributed by atoms with Gasteiger partial charge in [0, 0.05) is 30.5 Å². The molecule has 0 radical (unpaired) electrons. The highest BCUT2D eigenvalue weighted by Gasteiger charge is 2.27. The molecule has 1 aliphatic heterocycles. The van der Waals surface area contributed by atoms with E-state index in [1.165, 1.54) is 18.5 Å². The Hall–Kier alpha value is -2.38. The molecule has 0 atom stereocenters. The van der Waals surface area contributed by atoms with Crippen LogP contribution in [0.1, 0.15) is 32.6 Å². The van der Waals surface area contributed by atoms with Gasteiger partial charge in [-0.1, -0.05) is 0 Å². The summed E-state index contributed by atoms with van der Waals surface area (Å²) in [6, 6.07) is 11.0. The zero-order valence-corrected chi connectivity index (χ0v) is 16.8. The Morgan fingerprint density at radius 2 is 1.86 bits per heavy atom. The Labute approximate surface area is 168 Å². The van der Waals surface area contributed by atoms with Crippen molar-refractivity contribution in [1.29, 1.82) is 0 Å². The molecular weight excluding hydrogens is 370 g/mol. The van der Waals surface area contributed by atoms with Crippen molar-refractivity contribution in [1.82, 2.24) is 9.97 Å². The summed E-state index contributed by atoms with van der Waals surface area (Å²) in [6.45, 7) is 3.69. The van der Waals surface area contributed by atoms with Crippen molar-refractivity contribution in [2.24, 2.45) is 0 Å². The summed E-state index contributed by atoms with van der Waals surface area (Å²) in [5, 5.41) is 19.1. The standard InChI is InChI=1S/C21H25N5OS/c1-21(27)9-11-26(12-10-21)16-6-4-15(5-7-16)23-20-24-17-8-13-28-18(17)19(25-20)22-14-2-3-14/h4-8,13-14,27H,2-3,9-12H2,1H3,(H2,22,23,24,25). The van der Waals surface area contributed by atoms with E-state index in [0.717, 1.165) is 47.7 Å². The van der Waals surface area contributed by atoms with E-state index >= 15 is 0 Å². The fourth-order valence-electron chi connectivity index (χ4n) is 3.57. The SMILES string of the molecule is CC1(O)CCN(c2ccc(Nc3nc(NC4CC4)c4sccc4n3)cc2)CC1. The van der Waals surface area contributed by atoms with Gasteiger partial charge in [-0.05, 0) is 68.3 Å². The predicted molar refractivity (Wildman–Crippen MR) is 116 cm³/mol. The number of hydrogen-bond acceptors (Lipinski definition) is 7. The molecule has 28 heavy (non-hydrogen) atoms. The molecule has 7 heteroatoms. The van der Waals surface area contributed by atoms with Crippen LogP contribution in [0.3, 0.4) is 0 Å². The van der Waals surface area contributed by atoms with E-state index in [4.69, 9.17) is 4.98 Å². The van der Waals surface area contributed by atoms with E-state index in [9.17, 15) is 5.11 Å². The molecule has 5 rings (SSSR count). The normalized spacial score (nSPS) is 19.0. The average Bonchev–Trinajstić information content (AvgIpc) is 3.36. The number of anilines is 4. The third kappa shape index (κ3) is 3.77. The number of nitrogens with one attached hydrogen (secondary N) is 2. The molecule has 3 heterocycles. The van der Waals surface area contributed by atoms with Crippen LogP contribution in [0.4, 0.5) is 23.1 Å². The van der Waals surface area contributed by atoms with Crippen LogP contribution in [0.15, 0.2) is 35.7 Å². The Balaban J connectivity index is 1.32. The van der Waals surface area contributed by atoms with Crippen LogP contribution in [-0.2, 0) is 0 Å². The molecule has 3 aromatic rings. The van der Waals surface area contributed by atoms with Gasteiger partial charge in [0.25, 0.3) is 0 Å². The summed E-state index contributed by atoms with van der Waals surface area (Å²) in [5.41, 5.74) is 2.61. The lowest BCUT2D eigenvalue weighted by Crippen LogP contribution is -2.42. The van der Waals surface area contributed by atoms with Crippen LogP contribution in [-0.4, -0.2) is 39.8 Å². The van der Waals surface area contributed by atoms with Gasteiger partial charge in [-0.2, -0.15) is 4.98 Å². The number of piperidine rings is 1. The minimum absolute atomic E-state index is 0.526. The minimum Gasteiger partial charge on any atom is -0.390 e. The molecule has 2 aliphatic rings. The lowest BCUT2D eigenvalue weighted by Gasteiger charge is -2.37. The van der Waals surface area contributed by atoms with Crippen LogP contribution in [0.5, 0.6) is 0 Å². The van der Waals surface area contributed by atoms with E-state index < -0.39 is 5.60 Å². The van der Waals surface area contributed by atoms with Gasteiger partial charge in [0.15, 0.2) is 0 Å². The molecule has 1 aromatic carbocycles.